The molecule has 0 aromatic heterocycles. The van der Waals surface area contributed by atoms with Crippen LogP contribution in [0, 0.1) is 5.41 Å². The number of carboxylic acids is 1. The Morgan fingerprint density at radius 3 is 2.18 bits per heavy atom. The minimum Gasteiger partial charge on any atom is -0.481 e. The van der Waals surface area contributed by atoms with Crippen molar-refractivity contribution >= 4 is 28.6 Å². The highest BCUT2D eigenvalue weighted by Gasteiger charge is 2.38. The molecule has 3 heteroatoms. The van der Waals surface area contributed by atoms with Crippen LogP contribution in [0.3, 0.4) is 0 Å². The van der Waals surface area contributed by atoms with Gasteiger partial charge >= 0.3 is 5.97 Å². The molecule has 2 nitrogen and oxygen atoms in total. The molecule has 0 bridgehead atoms. The van der Waals surface area contributed by atoms with Crippen molar-refractivity contribution in [3.8, 4) is 0 Å². The predicted molar refractivity (Wildman–Crippen MR) is 52.0 cm³/mol. The van der Waals surface area contributed by atoms with Crippen molar-refractivity contribution < 1.29 is 9.90 Å². The van der Waals surface area contributed by atoms with E-state index in [-0.39, 0.29) is 5.41 Å². The molecule has 11 heavy (non-hydrogen) atoms. The van der Waals surface area contributed by atoms with E-state index in [1.807, 2.05) is 0 Å². The molecule has 0 atom stereocenters. The van der Waals surface area contributed by atoms with Gasteiger partial charge in [0.25, 0.3) is 0 Å². The van der Waals surface area contributed by atoms with Gasteiger partial charge in [-0.25, -0.2) is 0 Å². The van der Waals surface area contributed by atoms with Crippen molar-refractivity contribution in [1.82, 2.24) is 0 Å². The molecule has 0 unspecified atom stereocenters. The molecule has 0 radical (unpaired) electrons. The lowest BCUT2D eigenvalue weighted by atomic mass is 9.76. The van der Waals surface area contributed by atoms with E-state index < -0.39 is 5.97 Å². The number of hydrogen-bond donors (Lipinski definition) is 1. The van der Waals surface area contributed by atoms with Crippen molar-refractivity contribution in [2.75, 3.05) is 4.43 Å². The van der Waals surface area contributed by atoms with Gasteiger partial charge in [0.1, 0.15) is 0 Å². The SMILES string of the molecule is O=C(O)C1(CI)CCCCC1. The number of carbonyl (C=O) groups is 1. The van der Waals surface area contributed by atoms with Gasteiger partial charge in [0.15, 0.2) is 0 Å². The maximum absolute atomic E-state index is 10.9. The Morgan fingerprint density at radius 1 is 1.36 bits per heavy atom. The smallest absolute Gasteiger partial charge is 0.310 e. The van der Waals surface area contributed by atoms with Crippen molar-refractivity contribution in [3.63, 3.8) is 0 Å². The van der Waals surface area contributed by atoms with Crippen molar-refractivity contribution in [3.05, 3.63) is 0 Å². The summed E-state index contributed by atoms with van der Waals surface area (Å²) in [6.45, 7) is 0. The molecule has 0 aromatic carbocycles. The Hall–Kier alpha value is 0.200. The lowest BCUT2D eigenvalue weighted by Gasteiger charge is -2.30. The Kier molecular flexibility index (Phi) is 3.16. The molecule has 1 saturated carbocycles. The predicted octanol–water partition coefficient (Wildman–Crippen LogP) is 2.46. The molecule has 1 rings (SSSR count). The van der Waals surface area contributed by atoms with E-state index in [0.29, 0.717) is 0 Å². The normalized spacial score (nSPS) is 23.0. The van der Waals surface area contributed by atoms with Crippen LogP contribution in [-0.4, -0.2) is 15.5 Å². The van der Waals surface area contributed by atoms with E-state index in [1.165, 1.54) is 6.42 Å². The number of rotatable bonds is 2. The number of carboxylic acid groups (broad SMARTS) is 1. The fraction of sp³-hybridized carbons (Fsp3) is 0.875. The van der Waals surface area contributed by atoms with E-state index in [4.69, 9.17) is 5.11 Å². The van der Waals surface area contributed by atoms with Gasteiger partial charge in [-0.1, -0.05) is 41.9 Å². The summed E-state index contributed by atoms with van der Waals surface area (Å²) in [5.74, 6) is -0.591. The average molecular weight is 268 g/mol. The second-order valence-electron chi connectivity index (χ2n) is 3.28. The number of hydrogen-bond acceptors (Lipinski definition) is 1. The van der Waals surface area contributed by atoms with Gasteiger partial charge < -0.3 is 5.11 Å². The second-order valence-corrected chi connectivity index (χ2v) is 4.04. The number of alkyl halides is 1. The molecular weight excluding hydrogens is 255 g/mol. The molecule has 1 aliphatic rings. The lowest BCUT2D eigenvalue weighted by Crippen LogP contribution is -2.34. The fourth-order valence-corrected chi connectivity index (χ4v) is 2.72. The summed E-state index contributed by atoms with van der Waals surface area (Å²) in [5, 5.41) is 8.98. The van der Waals surface area contributed by atoms with Crippen molar-refractivity contribution in [1.29, 1.82) is 0 Å². The van der Waals surface area contributed by atoms with E-state index >= 15 is 0 Å². The topological polar surface area (TPSA) is 37.3 Å². The van der Waals surface area contributed by atoms with E-state index in [2.05, 4.69) is 22.6 Å². The van der Waals surface area contributed by atoms with E-state index in [9.17, 15) is 4.79 Å². The van der Waals surface area contributed by atoms with Crippen molar-refractivity contribution in [2.24, 2.45) is 5.41 Å². The third-order valence-corrected chi connectivity index (χ3v) is 3.98. The summed E-state index contributed by atoms with van der Waals surface area (Å²) in [5.41, 5.74) is -0.376. The summed E-state index contributed by atoms with van der Waals surface area (Å²) in [6.07, 6.45) is 5.16. The van der Waals surface area contributed by atoms with Gasteiger partial charge in [0, 0.05) is 4.43 Å². The van der Waals surface area contributed by atoms with Crippen LogP contribution in [-0.2, 0) is 4.79 Å². The largest absolute Gasteiger partial charge is 0.481 e. The second kappa shape index (κ2) is 3.74. The van der Waals surface area contributed by atoms with E-state index in [1.54, 1.807) is 0 Å². The number of aliphatic carboxylic acids is 1. The summed E-state index contributed by atoms with van der Waals surface area (Å²) in [4.78, 5) is 10.9. The van der Waals surface area contributed by atoms with Crippen LogP contribution in [0.1, 0.15) is 32.1 Å². The summed E-state index contributed by atoms with van der Waals surface area (Å²) in [7, 11) is 0. The quantitative estimate of drug-likeness (QED) is 0.617. The zero-order valence-corrected chi connectivity index (χ0v) is 8.63. The summed E-state index contributed by atoms with van der Waals surface area (Å²) in [6, 6.07) is 0. The minimum absolute atomic E-state index is 0.376. The number of halogens is 1. The maximum atomic E-state index is 10.9. The van der Waals surface area contributed by atoms with Crippen LogP contribution in [0.2, 0.25) is 0 Å². The van der Waals surface area contributed by atoms with Crippen LogP contribution in [0.25, 0.3) is 0 Å². The molecule has 0 aromatic rings. The third-order valence-electron chi connectivity index (χ3n) is 2.52. The van der Waals surface area contributed by atoms with Gasteiger partial charge in [-0.15, -0.1) is 0 Å². The van der Waals surface area contributed by atoms with Gasteiger partial charge in [0.2, 0.25) is 0 Å². The Labute approximate surface area is 80.5 Å². The Bertz CT molecular complexity index is 150. The average Bonchev–Trinajstić information content (AvgIpc) is 2.05. The highest BCUT2D eigenvalue weighted by molar-refractivity contribution is 14.1. The van der Waals surface area contributed by atoms with Gasteiger partial charge in [-0.3, -0.25) is 4.79 Å². The van der Waals surface area contributed by atoms with Crippen LogP contribution in [0.4, 0.5) is 0 Å². The van der Waals surface area contributed by atoms with Crippen molar-refractivity contribution in [2.45, 2.75) is 32.1 Å². The first-order chi connectivity index (χ1) is 5.21. The maximum Gasteiger partial charge on any atom is 0.310 e. The van der Waals surface area contributed by atoms with Crippen LogP contribution < -0.4 is 0 Å². The fourth-order valence-electron chi connectivity index (χ4n) is 1.63. The molecule has 64 valence electrons. The standard InChI is InChI=1S/C8H13IO2/c9-6-8(7(10)11)4-2-1-3-5-8/h1-6H2,(H,10,11). The molecule has 1 fully saturated rings. The zero-order chi connectivity index (χ0) is 8.32. The molecule has 1 N–H and O–H groups in total. The first-order valence-corrected chi connectivity index (χ1v) is 5.53. The first kappa shape index (κ1) is 9.29. The van der Waals surface area contributed by atoms with E-state index in [0.717, 1.165) is 30.1 Å². The molecule has 0 spiro atoms. The van der Waals surface area contributed by atoms with Crippen LogP contribution in [0.5, 0.6) is 0 Å². The van der Waals surface area contributed by atoms with Gasteiger partial charge in [-0.2, -0.15) is 0 Å². The molecule has 0 amide bonds. The molecular formula is C8H13IO2. The monoisotopic (exact) mass is 268 g/mol. The van der Waals surface area contributed by atoms with Crippen LogP contribution >= 0.6 is 22.6 Å². The Morgan fingerprint density at radius 2 is 1.91 bits per heavy atom. The summed E-state index contributed by atoms with van der Waals surface area (Å²) >= 11 is 2.19. The highest BCUT2D eigenvalue weighted by atomic mass is 127. The molecule has 0 heterocycles. The minimum atomic E-state index is -0.591. The zero-order valence-electron chi connectivity index (χ0n) is 6.48. The summed E-state index contributed by atoms with van der Waals surface area (Å²) < 4.78 is 0.764. The molecule has 0 saturated heterocycles. The van der Waals surface area contributed by atoms with Gasteiger partial charge in [-0.05, 0) is 12.8 Å². The highest BCUT2D eigenvalue weighted by Crippen LogP contribution is 2.37. The lowest BCUT2D eigenvalue weighted by molar-refractivity contribution is -0.149. The Balaban J connectivity index is 2.64. The molecule has 0 aliphatic heterocycles. The molecule has 1 aliphatic carbocycles. The van der Waals surface area contributed by atoms with Gasteiger partial charge in [0.05, 0.1) is 5.41 Å². The first-order valence-electron chi connectivity index (χ1n) is 4.01. The third kappa shape index (κ3) is 1.86. The van der Waals surface area contributed by atoms with Crippen LogP contribution in [0.15, 0.2) is 0 Å².